The number of fused-ring (bicyclic) bond motifs is 1. The van der Waals surface area contributed by atoms with Crippen molar-refractivity contribution in [3.63, 3.8) is 0 Å². The van der Waals surface area contributed by atoms with Crippen molar-refractivity contribution < 1.29 is 9.59 Å². The molecule has 0 aliphatic carbocycles. The molecule has 2 aromatic rings. The normalized spacial score (nSPS) is 19.3. The largest absolute Gasteiger partial charge is 0.371 e. The summed E-state index contributed by atoms with van der Waals surface area (Å²) in [6.45, 7) is 4.34. The Kier molecular flexibility index (Phi) is 3.92. The molecule has 2 saturated heterocycles. The summed E-state index contributed by atoms with van der Waals surface area (Å²) in [7, 11) is 0. The first-order chi connectivity index (χ1) is 12.2. The van der Waals surface area contributed by atoms with Crippen molar-refractivity contribution in [3.05, 3.63) is 47.7 Å². The number of rotatable bonds is 3. The Morgan fingerprint density at radius 2 is 1.76 bits per heavy atom. The van der Waals surface area contributed by atoms with Crippen molar-refractivity contribution in [2.45, 2.75) is 19.8 Å². The molecule has 2 aromatic carbocycles. The number of likely N-dealkylation sites (N-methyl/N-ethyl adjacent to an activating group) is 1. The molecular weight excluding hydrogens is 314 g/mol. The minimum absolute atomic E-state index is 0.264. The van der Waals surface area contributed by atoms with Crippen LogP contribution in [0.3, 0.4) is 0 Å². The van der Waals surface area contributed by atoms with Crippen LogP contribution in [0.15, 0.2) is 42.1 Å². The van der Waals surface area contributed by atoms with Crippen LogP contribution in [-0.4, -0.2) is 36.5 Å². The summed E-state index contributed by atoms with van der Waals surface area (Å²) in [6, 6.07) is 12.1. The number of carbonyl (C=O) groups is 2. The molecule has 0 spiro atoms. The van der Waals surface area contributed by atoms with E-state index < -0.39 is 0 Å². The van der Waals surface area contributed by atoms with Crippen LogP contribution < -0.4 is 10.2 Å². The third kappa shape index (κ3) is 2.65. The van der Waals surface area contributed by atoms with Crippen LogP contribution in [0.4, 0.5) is 10.5 Å². The van der Waals surface area contributed by atoms with E-state index in [1.807, 2.05) is 18.2 Å². The average molecular weight is 335 g/mol. The number of imide groups is 1. The molecule has 0 aromatic heterocycles. The summed E-state index contributed by atoms with van der Waals surface area (Å²) >= 11 is 0. The van der Waals surface area contributed by atoms with Gasteiger partial charge in [0.25, 0.3) is 5.91 Å². The van der Waals surface area contributed by atoms with E-state index >= 15 is 0 Å². The maximum Gasteiger partial charge on any atom is 0.328 e. The second-order valence-electron chi connectivity index (χ2n) is 6.45. The zero-order valence-electron chi connectivity index (χ0n) is 14.3. The number of urea groups is 1. The van der Waals surface area contributed by atoms with Crippen molar-refractivity contribution in [2.75, 3.05) is 24.5 Å². The van der Waals surface area contributed by atoms with Crippen molar-refractivity contribution in [1.29, 1.82) is 0 Å². The summed E-state index contributed by atoms with van der Waals surface area (Å²) in [6.07, 6.45) is 4.24. The number of nitrogens with one attached hydrogen (secondary N) is 1. The highest BCUT2D eigenvalue weighted by atomic mass is 16.2. The molecule has 0 saturated carbocycles. The summed E-state index contributed by atoms with van der Waals surface area (Å²) < 4.78 is 0. The van der Waals surface area contributed by atoms with E-state index in [0.717, 1.165) is 24.0 Å². The number of nitrogens with zero attached hydrogens (tertiary/aromatic N) is 2. The zero-order valence-corrected chi connectivity index (χ0v) is 14.3. The van der Waals surface area contributed by atoms with Gasteiger partial charge in [-0.1, -0.05) is 30.3 Å². The fraction of sp³-hybridized carbons (Fsp3) is 0.300. The van der Waals surface area contributed by atoms with Crippen LogP contribution in [0.25, 0.3) is 16.8 Å². The molecule has 0 unspecified atom stereocenters. The molecule has 5 nitrogen and oxygen atoms in total. The van der Waals surface area contributed by atoms with E-state index in [-0.39, 0.29) is 11.9 Å². The standard InChI is InChI=1S/C20H21N3O2/c1-2-23-19(24)17(21-20(23)25)13-14-9-10-18(22-11-5-6-12-22)16-8-4-3-7-15(14)16/h3-4,7-10,13H,2,5-6,11-12H2,1H3,(H,21,25)/b17-13+. The predicted molar refractivity (Wildman–Crippen MR) is 99.3 cm³/mol. The molecule has 25 heavy (non-hydrogen) atoms. The van der Waals surface area contributed by atoms with Crippen molar-refractivity contribution in [2.24, 2.45) is 0 Å². The monoisotopic (exact) mass is 335 g/mol. The van der Waals surface area contributed by atoms with E-state index in [0.29, 0.717) is 12.2 Å². The number of carbonyl (C=O) groups excluding carboxylic acids is 2. The molecule has 0 radical (unpaired) electrons. The summed E-state index contributed by atoms with van der Waals surface area (Å²) in [5.41, 5.74) is 2.53. The lowest BCUT2D eigenvalue weighted by Crippen LogP contribution is -2.30. The Balaban J connectivity index is 1.79. The lowest BCUT2D eigenvalue weighted by molar-refractivity contribution is -0.122. The van der Waals surface area contributed by atoms with Gasteiger partial charge in [-0.05, 0) is 42.9 Å². The third-order valence-electron chi connectivity index (χ3n) is 4.96. The molecule has 1 N–H and O–H groups in total. The molecule has 2 heterocycles. The Morgan fingerprint density at radius 1 is 1.04 bits per heavy atom. The van der Waals surface area contributed by atoms with Crippen LogP contribution >= 0.6 is 0 Å². The van der Waals surface area contributed by atoms with E-state index in [9.17, 15) is 9.59 Å². The molecule has 3 amide bonds. The molecule has 128 valence electrons. The average Bonchev–Trinajstić information content (AvgIpc) is 3.24. The van der Waals surface area contributed by atoms with Gasteiger partial charge >= 0.3 is 6.03 Å². The van der Waals surface area contributed by atoms with Gasteiger partial charge in [-0.2, -0.15) is 0 Å². The minimum atomic E-state index is -0.350. The number of amides is 3. The first-order valence-corrected chi connectivity index (χ1v) is 8.80. The SMILES string of the molecule is CCN1C(=O)N/C(=C/c2ccc(N3CCCC3)c3ccccc23)C1=O. The van der Waals surface area contributed by atoms with E-state index in [2.05, 4.69) is 28.4 Å². The van der Waals surface area contributed by atoms with Gasteiger partial charge in [-0.25, -0.2) is 4.79 Å². The molecule has 2 aliphatic heterocycles. The lowest BCUT2D eigenvalue weighted by atomic mass is 10.0. The third-order valence-corrected chi connectivity index (χ3v) is 4.96. The first-order valence-electron chi connectivity index (χ1n) is 8.80. The van der Waals surface area contributed by atoms with Crippen molar-refractivity contribution >= 4 is 34.5 Å². The van der Waals surface area contributed by atoms with Gasteiger partial charge in [0.15, 0.2) is 0 Å². The van der Waals surface area contributed by atoms with E-state index in [4.69, 9.17) is 0 Å². The maximum atomic E-state index is 12.3. The first kappa shape index (κ1) is 15.7. The summed E-state index contributed by atoms with van der Waals surface area (Å²) in [4.78, 5) is 27.8. The van der Waals surface area contributed by atoms with Crippen molar-refractivity contribution in [3.8, 4) is 0 Å². The molecular formula is C20H21N3O2. The fourth-order valence-electron chi connectivity index (χ4n) is 3.68. The van der Waals surface area contributed by atoms with Crippen molar-refractivity contribution in [1.82, 2.24) is 10.2 Å². The van der Waals surface area contributed by atoms with Gasteiger partial charge < -0.3 is 10.2 Å². The fourth-order valence-corrected chi connectivity index (χ4v) is 3.68. The quantitative estimate of drug-likeness (QED) is 0.691. The zero-order chi connectivity index (χ0) is 17.4. The second kappa shape index (κ2) is 6.24. The molecule has 2 fully saturated rings. The maximum absolute atomic E-state index is 12.3. The Labute approximate surface area is 146 Å². The predicted octanol–water partition coefficient (Wildman–Crippen LogP) is 3.35. The van der Waals surface area contributed by atoms with Gasteiger partial charge in [0.2, 0.25) is 0 Å². The Morgan fingerprint density at radius 3 is 2.44 bits per heavy atom. The highest BCUT2D eigenvalue weighted by Gasteiger charge is 2.32. The van der Waals surface area contributed by atoms with Gasteiger partial charge in [0.1, 0.15) is 5.70 Å². The molecule has 5 heteroatoms. The van der Waals surface area contributed by atoms with Gasteiger partial charge in [0.05, 0.1) is 0 Å². The second-order valence-corrected chi connectivity index (χ2v) is 6.45. The highest BCUT2D eigenvalue weighted by molar-refractivity contribution is 6.15. The molecule has 2 aliphatic rings. The highest BCUT2D eigenvalue weighted by Crippen LogP contribution is 2.32. The molecule has 4 rings (SSSR count). The van der Waals surface area contributed by atoms with Crippen LogP contribution in [0, 0.1) is 0 Å². The van der Waals surface area contributed by atoms with E-state index in [1.54, 1.807) is 13.0 Å². The Bertz CT molecular complexity index is 882. The number of hydrogen-bond acceptors (Lipinski definition) is 3. The minimum Gasteiger partial charge on any atom is -0.371 e. The van der Waals surface area contributed by atoms with Crippen LogP contribution in [-0.2, 0) is 4.79 Å². The summed E-state index contributed by atoms with van der Waals surface area (Å²) in [5.74, 6) is -0.264. The molecule has 0 bridgehead atoms. The number of benzene rings is 2. The number of anilines is 1. The van der Waals surface area contributed by atoms with Gasteiger partial charge in [0, 0.05) is 30.7 Å². The Hall–Kier alpha value is -2.82. The van der Waals surface area contributed by atoms with E-state index in [1.165, 1.54) is 28.8 Å². The number of hydrogen-bond donors (Lipinski definition) is 1. The smallest absolute Gasteiger partial charge is 0.328 e. The van der Waals surface area contributed by atoms with Gasteiger partial charge in [-0.15, -0.1) is 0 Å². The molecule has 0 atom stereocenters. The van der Waals surface area contributed by atoms with Crippen LogP contribution in [0.5, 0.6) is 0 Å². The van der Waals surface area contributed by atoms with Crippen LogP contribution in [0.2, 0.25) is 0 Å². The summed E-state index contributed by atoms with van der Waals surface area (Å²) in [5, 5.41) is 4.95. The van der Waals surface area contributed by atoms with Gasteiger partial charge in [-0.3, -0.25) is 9.69 Å². The van der Waals surface area contributed by atoms with Crippen LogP contribution in [0.1, 0.15) is 25.3 Å². The lowest BCUT2D eigenvalue weighted by Gasteiger charge is -2.20. The topological polar surface area (TPSA) is 52.7 Å².